The molecule has 0 bridgehead atoms. The van der Waals surface area contributed by atoms with Gasteiger partial charge in [-0.05, 0) is 6.92 Å². The lowest BCUT2D eigenvalue weighted by Gasteiger charge is -2.02. The van der Waals surface area contributed by atoms with Gasteiger partial charge >= 0.3 is 0 Å². The summed E-state index contributed by atoms with van der Waals surface area (Å²) in [6.07, 6.45) is 1.64. The number of nitrogens with zero attached hydrogens (tertiary/aromatic N) is 1. The van der Waals surface area contributed by atoms with Gasteiger partial charge in [0.2, 0.25) is 0 Å². The predicted molar refractivity (Wildman–Crippen MR) is 30.7 cm³/mol. The summed E-state index contributed by atoms with van der Waals surface area (Å²) in [7, 11) is 0. The molecule has 0 aromatic rings. The van der Waals surface area contributed by atoms with Crippen LogP contribution in [-0.4, -0.2) is 17.9 Å². The Bertz CT molecular complexity index is 91.7. The number of aliphatic imine (C=N–C) groups is 1. The van der Waals surface area contributed by atoms with Crippen LogP contribution in [0.5, 0.6) is 0 Å². The molecule has 7 heavy (non-hydrogen) atoms. The quantitative estimate of drug-likeness (QED) is 0.365. The van der Waals surface area contributed by atoms with Gasteiger partial charge < -0.3 is 5.32 Å². The molecule has 0 fully saturated rings. The van der Waals surface area contributed by atoms with E-state index >= 15 is 0 Å². The van der Waals surface area contributed by atoms with Crippen LogP contribution >= 0.6 is 11.6 Å². The molecule has 40 valence electrons. The minimum atomic E-state index is -0.0556. The average Bonchev–Trinajstić information content (AvgIpc) is 1.91. The van der Waals surface area contributed by atoms with Gasteiger partial charge in [0.05, 0.1) is 12.4 Å². The molecule has 0 aliphatic carbocycles. The maximum Gasteiger partial charge on any atom is 0.145 e. The van der Waals surface area contributed by atoms with Crippen LogP contribution in [0.25, 0.3) is 0 Å². The monoisotopic (exact) mass is 118 g/mol. The highest BCUT2D eigenvalue weighted by atomic mass is 35.5. The molecule has 0 amide bonds. The fraction of sp³-hybridized carbons (Fsp3) is 0.750. The van der Waals surface area contributed by atoms with Crippen LogP contribution in [0.15, 0.2) is 4.99 Å². The van der Waals surface area contributed by atoms with Gasteiger partial charge in [0.15, 0.2) is 0 Å². The SMILES string of the molecule is CC1NC=NC1Cl. The van der Waals surface area contributed by atoms with Gasteiger partial charge in [0.25, 0.3) is 0 Å². The van der Waals surface area contributed by atoms with E-state index in [2.05, 4.69) is 10.3 Å². The molecule has 0 spiro atoms. The zero-order valence-electron chi connectivity index (χ0n) is 4.06. The fourth-order valence-corrected chi connectivity index (χ4v) is 0.569. The van der Waals surface area contributed by atoms with Crippen molar-refractivity contribution in [3.05, 3.63) is 0 Å². The molecule has 0 saturated carbocycles. The molecule has 2 atom stereocenters. The van der Waals surface area contributed by atoms with E-state index in [1.807, 2.05) is 6.92 Å². The standard InChI is InChI=1S/C4H7ClN2/c1-3-4(5)7-2-6-3/h2-4H,1H3,(H,6,7). The summed E-state index contributed by atoms with van der Waals surface area (Å²) >= 11 is 5.60. The van der Waals surface area contributed by atoms with Gasteiger partial charge in [-0.2, -0.15) is 0 Å². The third kappa shape index (κ3) is 0.855. The Kier molecular flexibility index (Phi) is 1.19. The van der Waals surface area contributed by atoms with Gasteiger partial charge in [0.1, 0.15) is 5.50 Å². The van der Waals surface area contributed by atoms with Gasteiger partial charge in [-0.1, -0.05) is 11.6 Å². The topological polar surface area (TPSA) is 24.4 Å². The second kappa shape index (κ2) is 1.70. The summed E-state index contributed by atoms with van der Waals surface area (Å²) in [5.41, 5.74) is -0.0556. The van der Waals surface area contributed by atoms with E-state index in [0.29, 0.717) is 6.04 Å². The first kappa shape index (κ1) is 4.91. The molecule has 0 aromatic carbocycles. The highest BCUT2D eigenvalue weighted by Gasteiger charge is 2.14. The Morgan fingerprint density at radius 2 is 2.57 bits per heavy atom. The van der Waals surface area contributed by atoms with E-state index in [4.69, 9.17) is 11.6 Å². The summed E-state index contributed by atoms with van der Waals surface area (Å²) < 4.78 is 0. The third-order valence-corrected chi connectivity index (χ3v) is 1.46. The van der Waals surface area contributed by atoms with E-state index < -0.39 is 0 Å². The third-order valence-electron chi connectivity index (χ3n) is 0.967. The molecule has 1 N–H and O–H groups in total. The van der Waals surface area contributed by atoms with Crippen LogP contribution in [0.2, 0.25) is 0 Å². The van der Waals surface area contributed by atoms with E-state index in [1.54, 1.807) is 6.34 Å². The second-order valence-electron chi connectivity index (χ2n) is 1.61. The summed E-state index contributed by atoms with van der Waals surface area (Å²) in [6.45, 7) is 1.99. The average molecular weight is 119 g/mol. The maximum atomic E-state index is 5.60. The molecule has 2 nitrogen and oxygen atoms in total. The molecule has 1 aliphatic heterocycles. The molecule has 2 unspecified atom stereocenters. The first-order chi connectivity index (χ1) is 3.30. The Labute approximate surface area is 47.6 Å². The zero-order valence-corrected chi connectivity index (χ0v) is 4.81. The van der Waals surface area contributed by atoms with E-state index in [0.717, 1.165) is 0 Å². The minimum Gasteiger partial charge on any atom is -0.371 e. The van der Waals surface area contributed by atoms with Gasteiger partial charge in [-0.25, -0.2) is 0 Å². The van der Waals surface area contributed by atoms with E-state index in [1.165, 1.54) is 0 Å². The van der Waals surface area contributed by atoms with Crippen LogP contribution in [0, 0.1) is 0 Å². The fourth-order valence-electron chi connectivity index (χ4n) is 0.440. The van der Waals surface area contributed by atoms with Crippen molar-refractivity contribution >= 4 is 17.9 Å². The molecule has 1 rings (SSSR count). The highest BCUT2D eigenvalue weighted by Crippen LogP contribution is 2.05. The predicted octanol–water partition coefficient (Wildman–Crippen LogP) is 0.571. The first-order valence-corrected chi connectivity index (χ1v) is 2.66. The normalized spacial score (nSPS) is 38.6. The highest BCUT2D eigenvalue weighted by molar-refractivity contribution is 6.21. The molecular weight excluding hydrogens is 112 g/mol. The van der Waals surface area contributed by atoms with Gasteiger partial charge in [-0.3, -0.25) is 4.99 Å². The number of hydrogen-bond acceptors (Lipinski definition) is 2. The van der Waals surface area contributed by atoms with Gasteiger partial charge in [-0.15, -0.1) is 0 Å². The van der Waals surface area contributed by atoms with Crippen molar-refractivity contribution in [2.75, 3.05) is 0 Å². The van der Waals surface area contributed by atoms with Crippen molar-refractivity contribution in [3.63, 3.8) is 0 Å². The Hall–Kier alpha value is -0.240. The molecule has 1 aliphatic rings. The van der Waals surface area contributed by atoms with Crippen LogP contribution < -0.4 is 5.32 Å². The Balaban J connectivity index is 2.45. The van der Waals surface area contributed by atoms with Crippen LogP contribution in [-0.2, 0) is 0 Å². The molecular formula is C4H7ClN2. The molecule has 0 radical (unpaired) electrons. The van der Waals surface area contributed by atoms with Gasteiger partial charge in [0, 0.05) is 0 Å². The molecule has 3 heteroatoms. The van der Waals surface area contributed by atoms with Crippen molar-refractivity contribution < 1.29 is 0 Å². The number of alkyl halides is 1. The lowest BCUT2D eigenvalue weighted by atomic mass is 10.4. The van der Waals surface area contributed by atoms with Crippen molar-refractivity contribution in [1.29, 1.82) is 0 Å². The smallest absolute Gasteiger partial charge is 0.145 e. The lowest BCUT2D eigenvalue weighted by molar-refractivity contribution is 0.687. The van der Waals surface area contributed by atoms with Crippen LogP contribution in [0.3, 0.4) is 0 Å². The summed E-state index contributed by atoms with van der Waals surface area (Å²) in [5.74, 6) is 0. The molecule has 0 aromatic heterocycles. The maximum absolute atomic E-state index is 5.60. The Morgan fingerprint density at radius 3 is 2.71 bits per heavy atom. The van der Waals surface area contributed by atoms with Crippen molar-refractivity contribution in [3.8, 4) is 0 Å². The van der Waals surface area contributed by atoms with Crippen molar-refractivity contribution in [2.24, 2.45) is 4.99 Å². The van der Waals surface area contributed by atoms with Crippen LogP contribution in [0.1, 0.15) is 6.92 Å². The second-order valence-corrected chi connectivity index (χ2v) is 2.05. The summed E-state index contributed by atoms with van der Waals surface area (Å²) in [5, 5.41) is 2.95. The van der Waals surface area contributed by atoms with Crippen LogP contribution in [0.4, 0.5) is 0 Å². The lowest BCUT2D eigenvalue weighted by Crippen LogP contribution is -2.24. The number of nitrogens with one attached hydrogen (secondary N) is 1. The van der Waals surface area contributed by atoms with Crippen molar-refractivity contribution in [1.82, 2.24) is 5.32 Å². The minimum absolute atomic E-state index is 0.0556. The summed E-state index contributed by atoms with van der Waals surface area (Å²) in [4.78, 5) is 3.85. The number of hydrogen-bond donors (Lipinski definition) is 1. The van der Waals surface area contributed by atoms with E-state index in [9.17, 15) is 0 Å². The zero-order chi connectivity index (χ0) is 5.28. The largest absolute Gasteiger partial charge is 0.371 e. The van der Waals surface area contributed by atoms with E-state index in [-0.39, 0.29) is 5.50 Å². The first-order valence-electron chi connectivity index (χ1n) is 2.22. The number of halogens is 1. The Morgan fingerprint density at radius 1 is 1.86 bits per heavy atom. The molecule has 0 saturated heterocycles. The molecule has 1 heterocycles. The van der Waals surface area contributed by atoms with Crippen molar-refractivity contribution in [2.45, 2.75) is 18.5 Å². The number of rotatable bonds is 0. The summed E-state index contributed by atoms with van der Waals surface area (Å²) in [6, 6.07) is 0.307.